The van der Waals surface area contributed by atoms with E-state index in [0.717, 1.165) is 22.6 Å². The first kappa shape index (κ1) is 35.1. The molecular formula is C36H50O8. The van der Waals surface area contributed by atoms with Crippen LogP contribution >= 0.6 is 0 Å². The molecule has 1 saturated carbocycles. The number of carbonyl (C=O) groups excluding carboxylic acids is 2. The normalized spacial score (nSPS) is 17.0. The molecule has 242 valence electrons. The summed E-state index contributed by atoms with van der Waals surface area (Å²) in [6, 6.07) is 12.1. The van der Waals surface area contributed by atoms with Crippen LogP contribution in [-0.2, 0) is 19.1 Å². The van der Waals surface area contributed by atoms with Crippen molar-refractivity contribution in [2.24, 2.45) is 11.8 Å². The highest BCUT2D eigenvalue weighted by atomic mass is 16.7. The highest BCUT2D eigenvalue weighted by Crippen LogP contribution is 2.40. The lowest BCUT2D eigenvalue weighted by atomic mass is 9.76. The van der Waals surface area contributed by atoms with E-state index in [0.29, 0.717) is 5.92 Å². The standard InChI is InChI=1S/C36H50O8/c1-5-6-7-8-9-10-28-11-13-29(14-12-28)30-15-17-32(25(2)19-30)31-16-18-33(41-23-43-35(39)26(3)21-37)34(20-31)42-24-44-36(40)27(4)22-38/h15-20,26,28-29,37-38H,4-14,21-24H2,1-3H3. The molecule has 0 aromatic heterocycles. The Kier molecular flexibility index (Phi) is 14.7. The van der Waals surface area contributed by atoms with Gasteiger partial charge in [0.15, 0.2) is 11.5 Å². The van der Waals surface area contributed by atoms with E-state index in [1.807, 2.05) is 6.07 Å². The molecule has 0 radical (unpaired) electrons. The van der Waals surface area contributed by atoms with Crippen LogP contribution in [0.3, 0.4) is 0 Å². The second-order valence-corrected chi connectivity index (χ2v) is 11.9. The number of benzene rings is 2. The number of carbonyl (C=O) groups is 2. The third-order valence-electron chi connectivity index (χ3n) is 8.52. The second kappa shape index (κ2) is 18.4. The van der Waals surface area contributed by atoms with Crippen molar-refractivity contribution in [3.8, 4) is 22.6 Å². The fraction of sp³-hybridized carbons (Fsp3) is 0.556. The van der Waals surface area contributed by atoms with Crippen LogP contribution in [0.4, 0.5) is 0 Å². The number of aliphatic hydroxyl groups is 2. The first-order valence-electron chi connectivity index (χ1n) is 16.0. The Bertz CT molecular complexity index is 1210. The number of unbranched alkanes of at least 4 members (excludes halogenated alkanes) is 4. The molecule has 1 aliphatic carbocycles. The minimum atomic E-state index is -0.773. The van der Waals surface area contributed by atoms with Gasteiger partial charge in [0.05, 0.1) is 24.7 Å². The summed E-state index contributed by atoms with van der Waals surface area (Å²) in [5.41, 5.74) is 4.38. The van der Waals surface area contributed by atoms with Gasteiger partial charge in [0, 0.05) is 0 Å². The van der Waals surface area contributed by atoms with E-state index in [4.69, 9.17) is 29.2 Å². The molecule has 8 nitrogen and oxygen atoms in total. The molecule has 0 amide bonds. The Hall–Kier alpha value is -3.36. The Morgan fingerprint density at radius 2 is 1.61 bits per heavy atom. The molecule has 44 heavy (non-hydrogen) atoms. The van der Waals surface area contributed by atoms with Gasteiger partial charge in [-0.25, -0.2) is 4.79 Å². The lowest BCUT2D eigenvalue weighted by Gasteiger charge is -2.29. The summed E-state index contributed by atoms with van der Waals surface area (Å²) in [5, 5.41) is 18.3. The molecule has 2 N–H and O–H groups in total. The van der Waals surface area contributed by atoms with E-state index in [-0.39, 0.29) is 30.5 Å². The van der Waals surface area contributed by atoms with E-state index in [1.54, 1.807) is 19.1 Å². The Balaban J connectivity index is 1.67. The van der Waals surface area contributed by atoms with Crippen molar-refractivity contribution in [3.63, 3.8) is 0 Å². The van der Waals surface area contributed by atoms with Gasteiger partial charge in [-0.3, -0.25) is 4.79 Å². The molecule has 0 heterocycles. The minimum absolute atomic E-state index is 0.0876. The summed E-state index contributed by atoms with van der Waals surface area (Å²) in [6.45, 7) is 7.71. The van der Waals surface area contributed by atoms with Crippen LogP contribution in [0.1, 0.15) is 95.1 Å². The zero-order valence-corrected chi connectivity index (χ0v) is 26.6. The maximum absolute atomic E-state index is 11.9. The van der Waals surface area contributed by atoms with Gasteiger partial charge < -0.3 is 29.2 Å². The highest BCUT2D eigenvalue weighted by Gasteiger charge is 2.23. The molecule has 1 fully saturated rings. The minimum Gasteiger partial charge on any atom is -0.453 e. The van der Waals surface area contributed by atoms with Crippen LogP contribution in [0.2, 0.25) is 0 Å². The van der Waals surface area contributed by atoms with Crippen molar-refractivity contribution >= 4 is 11.9 Å². The van der Waals surface area contributed by atoms with Crippen LogP contribution < -0.4 is 9.47 Å². The molecule has 0 saturated heterocycles. The fourth-order valence-electron chi connectivity index (χ4n) is 5.67. The first-order chi connectivity index (χ1) is 21.3. The number of aliphatic hydroxyl groups excluding tert-OH is 2. The van der Waals surface area contributed by atoms with Gasteiger partial charge in [-0.15, -0.1) is 0 Å². The summed E-state index contributed by atoms with van der Waals surface area (Å²) in [4.78, 5) is 23.8. The molecule has 2 aromatic carbocycles. The van der Waals surface area contributed by atoms with Crippen molar-refractivity contribution in [2.75, 3.05) is 26.8 Å². The predicted octanol–water partition coefficient (Wildman–Crippen LogP) is 7.23. The van der Waals surface area contributed by atoms with E-state index < -0.39 is 31.3 Å². The molecule has 1 unspecified atom stereocenters. The van der Waals surface area contributed by atoms with Gasteiger partial charge in [0.1, 0.15) is 0 Å². The maximum atomic E-state index is 11.9. The Morgan fingerprint density at radius 3 is 2.30 bits per heavy atom. The van der Waals surface area contributed by atoms with Crippen molar-refractivity contribution in [1.82, 2.24) is 0 Å². The topological polar surface area (TPSA) is 112 Å². The van der Waals surface area contributed by atoms with Crippen LogP contribution in [-0.4, -0.2) is 49.0 Å². The third kappa shape index (κ3) is 10.7. The van der Waals surface area contributed by atoms with Crippen LogP contribution in [0.5, 0.6) is 11.5 Å². The van der Waals surface area contributed by atoms with Crippen LogP contribution in [0.25, 0.3) is 11.1 Å². The zero-order chi connectivity index (χ0) is 31.9. The summed E-state index contributed by atoms with van der Waals surface area (Å²) >= 11 is 0. The SMILES string of the molecule is C=C(CO)C(=O)OCOc1cc(-c2ccc(C3CCC(CCCCCCC)CC3)cc2C)ccc1OCOC(=O)C(C)CO. The van der Waals surface area contributed by atoms with E-state index in [2.05, 4.69) is 38.6 Å². The Morgan fingerprint density at radius 1 is 0.909 bits per heavy atom. The summed E-state index contributed by atoms with van der Waals surface area (Å²) in [7, 11) is 0. The number of rotatable bonds is 18. The predicted molar refractivity (Wildman–Crippen MR) is 170 cm³/mol. The van der Waals surface area contributed by atoms with Gasteiger partial charge in [-0.2, -0.15) is 0 Å². The van der Waals surface area contributed by atoms with Gasteiger partial charge in [0.25, 0.3) is 0 Å². The smallest absolute Gasteiger partial charge is 0.338 e. The monoisotopic (exact) mass is 610 g/mol. The summed E-state index contributed by atoms with van der Waals surface area (Å²) in [6.07, 6.45) is 13.2. The molecule has 0 aliphatic heterocycles. The number of hydrogen-bond acceptors (Lipinski definition) is 8. The first-order valence-corrected chi connectivity index (χ1v) is 16.0. The number of hydrogen-bond donors (Lipinski definition) is 2. The van der Waals surface area contributed by atoms with Crippen molar-refractivity contribution in [3.05, 3.63) is 59.7 Å². The van der Waals surface area contributed by atoms with Gasteiger partial charge in [0.2, 0.25) is 13.6 Å². The average Bonchev–Trinajstić information content (AvgIpc) is 3.04. The van der Waals surface area contributed by atoms with Crippen LogP contribution in [0, 0.1) is 18.8 Å². The highest BCUT2D eigenvalue weighted by molar-refractivity contribution is 5.87. The summed E-state index contributed by atoms with van der Waals surface area (Å²) in [5.74, 6) is -0.000166. The van der Waals surface area contributed by atoms with Gasteiger partial charge in [-0.05, 0) is 85.8 Å². The van der Waals surface area contributed by atoms with E-state index in [9.17, 15) is 9.59 Å². The molecule has 1 aliphatic rings. The van der Waals surface area contributed by atoms with Gasteiger partial charge in [-0.1, -0.05) is 76.3 Å². The average molecular weight is 611 g/mol. The van der Waals surface area contributed by atoms with Gasteiger partial charge >= 0.3 is 11.9 Å². The van der Waals surface area contributed by atoms with Crippen molar-refractivity contribution in [1.29, 1.82) is 0 Å². The molecule has 2 aromatic rings. The lowest BCUT2D eigenvalue weighted by molar-refractivity contribution is -0.156. The lowest BCUT2D eigenvalue weighted by Crippen LogP contribution is -2.20. The molecule has 8 heteroatoms. The van der Waals surface area contributed by atoms with Crippen molar-refractivity contribution in [2.45, 2.75) is 90.9 Å². The number of esters is 2. The zero-order valence-electron chi connectivity index (χ0n) is 26.6. The largest absolute Gasteiger partial charge is 0.453 e. The van der Waals surface area contributed by atoms with E-state index >= 15 is 0 Å². The van der Waals surface area contributed by atoms with Crippen molar-refractivity contribution < 1.29 is 38.7 Å². The molecule has 0 spiro atoms. The second-order valence-electron chi connectivity index (χ2n) is 11.9. The number of ether oxygens (including phenoxy) is 4. The van der Waals surface area contributed by atoms with Crippen LogP contribution in [0.15, 0.2) is 48.6 Å². The Labute approximate surface area is 262 Å². The van der Waals surface area contributed by atoms with E-state index in [1.165, 1.54) is 69.8 Å². The summed E-state index contributed by atoms with van der Waals surface area (Å²) < 4.78 is 21.5. The molecule has 3 rings (SSSR count). The number of aryl methyl sites for hydroxylation is 1. The molecule has 1 atom stereocenters. The third-order valence-corrected chi connectivity index (χ3v) is 8.52. The molecular weight excluding hydrogens is 560 g/mol. The molecule has 0 bridgehead atoms. The fourth-order valence-corrected chi connectivity index (χ4v) is 5.67. The quantitative estimate of drug-likeness (QED) is 0.0787. The maximum Gasteiger partial charge on any atom is 0.338 e.